The van der Waals surface area contributed by atoms with Crippen molar-refractivity contribution in [3.05, 3.63) is 35.9 Å². The maximum atomic E-state index is 12.5. The number of benzene rings is 1. The number of phenols is 1. The van der Waals surface area contributed by atoms with Crippen molar-refractivity contribution in [3.8, 4) is 5.75 Å². The summed E-state index contributed by atoms with van der Waals surface area (Å²) in [6, 6.07) is 5.36. The number of ether oxygens (including phenoxy) is 2. The molecule has 1 heterocycles. The molecule has 14 heteroatoms. The third kappa shape index (κ3) is 6.46. The van der Waals surface area contributed by atoms with Crippen LogP contribution in [0.1, 0.15) is 5.56 Å². The molecule has 2 rings (SSSR count). The highest BCUT2D eigenvalue weighted by molar-refractivity contribution is 6.43. The first-order valence-corrected chi connectivity index (χ1v) is 10.3. The normalized spacial score (nSPS) is 29.3. The molecule has 1 aromatic carbocycles. The highest BCUT2D eigenvalue weighted by Crippen LogP contribution is 2.30. The van der Waals surface area contributed by atoms with Crippen molar-refractivity contribution in [2.45, 2.75) is 54.8 Å². The van der Waals surface area contributed by atoms with E-state index in [1.165, 1.54) is 24.3 Å². The van der Waals surface area contributed by atoms with Crippen LogP contribution in [0, 0.1) is 0 Å². The Labute approximate surface area is 198 Å². The number of hydrogen-bond acceptors (Lipinski definition) is 14. The molecule has 196 valence electrons. The van der Waals surface area contributed by atoms with Gasteiger partial charge >= 0.3 is 0 Å². The summed E-state index contributed by atoms with van der Waals surface area (Å²) in [6.07, 6.45) is -15.8. The fourth-order valence-corrected chi connectivity index (χ4v) is 3.18. The van der Waals surface area contributed by atoms with Crippen molar-refractivity contribution >= 4 is 17.6 Å². The fourth-order valence-electron chi connectivity index (χ4n) is 3.18. The molecule has 1 aliphatic heterocycles. The van der Waals surface area contributed by atoms with Crippen molar-refractivity contribution < 1.29 is 70.1 Å². The predicted octanol–water partition coefficient (Wildman–Crippen LogP) is -4.88. The lowest BCUT2D eigenvalue weighted by Gasteiger charge is -2.45. The molecule has 14 nitrogen and oxygen atoms in total. The van der Waals surface area contributed by atoms with E-state index >= 15 is 0 Å². The molecule has 0 spiro atoms. The molecular weight excluding hydrogens is 476 g/mol. The lowest BCUT2D eigenvalue weighted by atomic mass is 9.93. The smallest absolute Gasteiger partial charge is 0.236 e. The molecule has 1 unspecified atom stereocenters. The first-order chi connectivity index (χ1) is 16.4. The largest absolute Gasteiger partial charge is 0.508 e. The van der Waals surface area contributed by atoms with Crippen molar-refractivity contribution in [2.75, 3.05) is 13.2 Å². The zero-order valence-electron chi connectivity index (χ0n) is 18.1. The maximum absolute atomic E-state index is 12.5. The summed E-state index contributed by atoms with van der Waals surface area (Å²) in [6.45, 7) is -2.12. The molecule has 0 radical (unpaired) electrons. The summed E-state index contributed by atoms with van der Waals surface area (Å²) in [5.41, 5.74) is 0.363. The molecule has 9 atom stereocenters. The van der Waals surface area contributed by atoms with Crippen LogP contribution in [0.2, 0.25) is 0 Å². The summed E-state index contributed by atoms with van der Waals surface area (Å²) < 4.78 is 9.95. The van der Waals surface area contributed by atoms with Gasteiger partial charge in [0, 0.05) is 0 Å². The molecule has 1 saturated heterocycles. The molecule has 1 fully saturated rings. The van der Waals surface area contributed by atoms with Crippen LogP contribution >= 0.6 is 0 Å². The highest BCUT2D eigenvalue weighted by atomic mass is 16.8. The Kier molecular flexibility index (Phi) is 9.96. The van der Waals surface area contributed by atoms with Gasteiger partial charge in [0.2, 0.25) is 17.4 Å². The van der Waals surface area contributed by atoms with E-state index in [1.54, 1.807) is 0 Å². The molecule has 35 heavy (non-hydrogen) atoms. The molecule has 1 aromatic rings. The van der Waals surface area contributed by atoms with E-state index < -0.39 is 79.6 Å². The van der Waals surface area contributed by atoms with Gasteiger partial charge < -0.3 is 60.5 Å². The summed E-state index contributed by atoms with van der Waals surface area (Å²) >= 11 is 0. The van der Waals surface area contributed by atoms with Gasteiger partial charge in [-0.15, -0.1) is 0 Å². The van der Waals surface area contributed by atoms with Crippen LogP contribution in [0.4, 0.5) is 0 Å². The molecule has 0 amide bonds. The first-order valence-electron chi connectivity index (χ1n) is 10.3. The van der Waals surface area contributed by atoms with Crippen LogP contribution in [0.3, 0.4) is 0 Å². The number of aliphatic hydroxyl groups excluding tert-OH is 8. The van der Waals surface area contributed by atoms with Gasteiger partial charge in [0.1, 0.15) is 42.4 Å². The number of aromatic hydroxyl groups is 1. The van der Waals surface area contributed by atoms with E-state index in [0.717, 1.165) is 6.08 Å². The van der Waals surface area contributed by atoms with E-state index in [1.807, 2.05) is 0 Å². The number of allylic oxidation sites excluding steroid dienone is 1. The standard InChI is InChI=1S/C21H28O14/c22-7-12(26)18(31)21(33,35-20-17(30)16(29)15(28)13(8-23)34-20)19(32)14(27)11(25)6-3-9-1-4-10(24)5-2-9/h1-6,12-13,15-20,22-24,26,28-33H,7-8H2/t12-,13-,15-,16+,17-,18-,19+,20?,21-/m1/s1. The average molecular weight is 504 g/mol. The SMILES string of the molecule is O=C(C=Cc1ccc(O)cc1)C(=O)[C@H](O)[C@](O)(OC1O[C@H](CO)[C@@H](O)[C@H](O)[C@H]1O)[C@H](O)[C@H](O)CO. The van der Waals surface area contributed by atoms with Crippen LogP contribution in [0.5, 0.6) is 5.75 Å². The molecular formula is C21H28O14. The summed E-state index contributed by atoms with van der Waals surface area (Å²) in [7, 11) is 0. The Bertz CT molecular complexity index is 887. The third-order valence-corrected chi connectivity index (χ3v) is 5.33. The quantitative estimate of drug-likeness (QED) is 0.0770. The van der Waals surface area contributed by atoms with Gasteiger partial charge in [0.15, 0.2) is 12.4 Å². The van der Waals surface area contributed by atoms with E-state index in [4.69, 9.17) is 14.6 Å². The number of hydrogen-bond donors (Lipinski definition) is 10. The van der Waals surface area contributed by atoms with Crippen LogP contribution < -0.4 is 0 Å². The Morgan fingerprint density at radius 3 is 2.17 bits per heavy atom. The zero-order chi connectivity index (χ0) is 26.5. The topological polar surface area (TPSA) is 255 Å². The van der Waals surface area contributed by atoms with Crippen molar-refractivity contribution in [1.29, 1.82) is 0 Å². The van der Waals surface area contributed by atoms with Crippen LogP contribution in [0.15, 0.2) is 30.3 Å². The Hall–Kier alpha value is -2.34. The van der Waals surface area contributed by atoms with E-state index in [9.17, 15) is 55.5 Å². The van der Waals surface area contributed by atoms with Gasteiger partial charge in [-0.1, -0.05) is 18.2 Å². The number of carbonyl (C=O) groups excluding carboxylic acids is 2. The van der Waals surface area contributed by atoms with Gasteiger partial charge in [-0.05, 0) is 23.8 Å². The Morgan fingerprint density at radius 1 is 1.03 bits per heavy atom. The van der Waals surface area contributed by atoms with E-state index in [0.29, 0.717) is 11.6 Å². The second-order valence-electron chi connectivity index (χ2n) is 7.82. The average Bonchev–Trinajstić information content (AvgIpc) is 2.86. The lowest BCUT2D eigenvalue weighted by Crippen LogP contribution is -2.67. The number of phenolic OH excluding ortho intramolecular Hbond substituents is 1. The monoisotopic (exact) mass is 504 g/mol. The minimum absolute atomic E-state index is 0.0631. The number of Topliss-reactive ketones (excluding diaryl/α,β-unsaturated/α-hetero) is 1. The van der Waals surface area contributed by atoms with Gasteiger partial charge in [-0.2, -0.15) is 0 Å². The third-order valence-electron chi connectivity index (χ3n) is 5.33. The van der Waals surface area contributed by atoms with Crippen molar-refractivity contribution in [1.82, 2.24) is 0 Å². The molecule has 0 aliphatic carbocycles. The summed E-state index contributed by atoms with van der Waals surface area (Å²) in [4.78, 5) is 24.8. The van der Waals surface area contributed by atoms with E-state index in [-0.39, 0.29) is 5.75 Å². The molecule has 0 aromatic heterocycles. The number of ketones is 2. The Morgan fingerprint density at radius 2 is 1.63 bits per heavy atom. The second-order valence-corrected chi connectivity index (χ2v) is 7.82. The van der Waals surface area contributed by atoms with Crippen LogP contribution in [0.25, 0.3) is 6.08 Å². The van der Waals surface area contributed by atoms with Crippen molar-refractivity contribution in [3.63, 3.8) is 0 Å². The van der Waals surface area contributed by atoms with Gasteiger partial charge in [-0.25, -0.2) is 0 Å². The van der Waals surface area contributed by atoms with Gasteiger partial charge in [0.05, 0.1) is 13.2 Å². The first kappa shape index (κ1) is 28.9. The number of rotatable bonds is 11. The van der Waals surface area contributed by atoms with E-state index in [2.05, 4.69) is 0 Å². The minimum atomic E-state index is -3.60. The zero-order valence-corrected chi connectivity index (χ0v) is 18.1. The van der Waals surface area contributed by atoms with Crippen LogP contribution in [-0.4, -0.2) is 131 Å². The van der Waals surface area contributed by atoms with Gasteiger partial charge in [0.25, 0.3) is 0 Å². The molecule has 1 aliphatic rings. The van der Waals surface area contributed by atoms with Gasteiger partial charge in [-0.3, -0.25) is 9.59 Å². The Balaban J connectivity index is 2.31. The number of carbonyl (C=O) groups is 2. The lowest BCUT2D eigenvalue weighted by molar-refractivity contribution is -0.396. The molecule has 0 saturated carbocycles. The van der Waals surface area contributed by atoms with Crippen molar-refractivity contribution in [2.24, 2.45) is 0 Å². The fraction of sp³-hybridized carbons (Fsp3) is 0.524. The van der Waals surface area contributed by atoms with Crippen LogP contribution in [-0.2, 0) is 19.1 Å². The summed E-state index contributed by atoms with van der Waals surface area (Å²) in [5, 5.41) is 98.8. The highest BCUT2D eigenvalue weighted by Gasteiger charge is 2.56. The minimum Gasteiger partial charge on any atom is -0.508 e. The predicted molar refractivity (Wildman–Crippen MR) is 112 cm³/mol. The molecule has 0 bridgehead atoms. The number of aliphatic hydroxyl groups is 9. The molecule has 10 N–H and O–H groups in total. The second kappa shape index (κ2) is 12.1. The summed E-state index contributed by atoms with van der Waals surface area (Å²) in [5.74, 6) is -6.83. The maximum Gasteiger partial charge on any atom is 0.236 e.